The quantitative estimate of drug-likeness (QED) is 0.845. The van der Waals surface area contributed by atoms with Crippen LogP contribution in [-0.4, -0.2) is 18.5 Å². The monoisotopic (exact) mass is 284 g/mol. The fourth-order valence-corrected chi connectivity index (χ4v) is 2.15. The van der Waals surface area contributed by atoms with Gasteiger partial charge in [0.15, 0.2) is 5.79 Å². The van der Waals surface area contributed by atoms with Gasteiger partial charge in [-0.1, -0.05) is 28.1 Å². The second-order valence-electron chi connectivity index (χ2n) is 4.62. The minimum Gasteiger partial charge on any atom is -0.348 e. The summed E-state index contributed by atoms with van der Waals surface area (Å²) in [5, 5.41) is 0. The van der Waals surface area contributed by atoms with Crippen LogP contribution < -0.4 is 0 Å². The molecule has 16 heavy (non-hydrogen) atoms. The first kappa shape index (κ1) is 12.1. The average Bonchev–Trinajstić information content (AvgIpc) is 2.58. The van der Waals surface area contributed by atoms with Crippen LogP contribution in [0.25, 0.3) is 0 Å². The molecule has 1 saturated heterocycles. The molecule has 0 radical (unpaired) electrons. The van der Waals surface area contributed by atoms with Gasteiger partial charge in [-0.05, 0) is 44.4 Å². The van der Waals surface area contributed by atoms with Crippen LogP contribution in [0.3, 0.4) is 0 Å². The van der Waals surface area contributed by atoms with Crippen molar-refractivity contribution in [3.8, 4) is 0 Å². The maximum absolute atomic E-state index is 5.76. The molecule has 1 aromatic carbocycles. The highest BCUT2D eigenvalue weighted by Gasteiger charge is 2.31. The van der Waals surface area contributed by atoms with Gasteiger partial charge in [-0.25, -0.2) is 0 Å². The van der Waals surface area contributed by atoms with Crippen LogP contribution >= 0.6 is 15.9 Å². The van der Waals surface area contributed by atoms with Crippen molar-refractivity contribution in [1.82, 2.24) is 0 Å². The zero-order chi connectivity index (χ0) is 11.6. The molecule has 2 nitrogen and oxygen atoms in total. The largest absolute Gasteiger partial charge is 0.348 e. The van der Waals surface area contributed by atoms with Crippen LogP contribution in [0.15, 0.2) is 28.7 Å². The summed E-state index contributed by atoms with van der Waals surface area (Å²) in [6.07, 6.45) is 2.29. The lowest BCUT2D eigenvalue weighted by Crippen LogP contribution is -2.21. The Kier molecular flexibility index (Phi) is 3.67. The number of aryl methyl sites for hydroxylation is 1. The molecular formula is C13H17BrO2. The summed E-state index contributed by atoms with van der Waals surface area (Å²) >= 11 is 3.43. The minimum atomic E-state index is -0.398. The van der Waals surface area contributed by atoms with Gasteiger partial charge in [0.2, 0.25) is 0 Å². The van der Waals surface area contributed by atoms with E-state index in [-0.39, 0.29) is 6.10 Å². The van der Waals surface area contributed by atoms with Crippen LogP contribution in [0.5, 0.6) is 0 Å². The van der Waals surface area contributed by atoms with Gasteiger partial charge in [-0.15, -0.1) is 0 Å². The third-order valence-corrected chi connectivity index (χ3v) is 3.26. The minimum absolute atomic E-state index is 0.235. The SMILES string of the molecule is CC1(C)OCC(CCc2ccc(Br)cc2)O1. The number of ether oxygens (including phenoxy) is 2. The molecule has 1 aliphatic rings. The molecule has 0 bridgehead atoms. The van der Waals surface area contributed by atoms with Crippen LogP contribution in [0.2, 0.25) is 0 Å². The van der Waals surface area contributed by atoms with E-state index in [9.17, 15) is 0 Å². The average molecular weight is 285 g/mol. The summed E-state index contributed by atoms with van der Waals surface area (Å²) in [6.45, 7) is 4.64. The maximum atomic E-state index is 5.76. The second kappa shape index (κ2) is 4.86. The van der Waals surface area contributed by atoms with Crippen LogP contribution in [-0.2, 0) is 15.9 Å². The van der Waals surface area contributed by atoms with E-state index in [1.54, 1.807) is 0 Å². The highest BCUT2D eigenvalue weighted by molar-refractivity contribution is 9.10. The molecule has 1 aliphatic heterocycles. The van der Waals surface area contributed by atoms with Gasteiger partial charge in [0.05, 0.1) is 12.7 Å². The van der Waals surface area contributed by atoms with Gasteiger partial charge >= 0.3 is 0 Å². The number of rotatable bonds is 3. The summed E-state index contributed by atoms with van der Waals surface area (Å²) in [5.41, 5.74) is 1.34. The van der Waals surface area contributed by atoms with Crippen molar-refractivity contribution in [2.75, 3.05) is 6.61 Å². The zero-order valence-electron chi connectivity index (χ0n) is 9.70. The van der Waals surface area contributed by atoms with Crippen molar-refractivity contribution in [2.45, 2.75) is 38.6 Å². The second-order valence-corrected chi connectivity index (χ2v) is 5.53. The van der Waals surface area contributed by atoms with Crippen molar-refractivity contribution >= 4 is 15.9 Å². The fourth-order valence-electron chi connectivity index (χ4n) is 1.88. The molecule has 1 aromatic rings. The molecule has 1 fully saturated rings. The predicted octanol–water partition coefficient (Wildman–Crippen LogP) is 3.53. The van der Waals surface area contributed by atoms with Crippen molar-refractivity contribution in [1.29, 1.82) is 0 Å². The molecule has 1 unspecified atom stereocenters. The summed E-state index contributed by atoms with van der Waals surface area (Å²) < 4.78 is 12.4. The molecule has 88 valence electrons. The summed E-state index contributed by atoms with van der Waals surface area (Å²) in [7, 11) is 0. The van der Waals surface area contributed by atoms with Gasteiger partial charge in [-0.2, -0.15) is 0 Å². The lowest BCUT2D eigenvalue weighted by atomic mass is 10.1. The topological polar surface area (TPSA) is 18.5 Å². The first-order valence-electron chi connectivity index (χ1n) is 5.61. The van der Waals surface area contributed by atoms with Gasteiger partial charge in [0, 0.05) is 4.47 Å². The van der Waals surface area contributed by atoms with E-state index in [0.717, 1.165) is 17.3 Å². The van der Waals surface area contributed by atoms with Crippen molar-refractivity contribution in [3.05, 3.63) is 34.3 Å². The molecule has 0 spiro atoms. The number of hydrogen-bond donors (Lipinski definition) is 0. The molecule has 0 aromatic heterocycles. The maximum Gasteiger partial charge on any atom is 0.163 e. The third kappa shape index (κ3) is 3.30. The van der Waals surface area contributed by atoms with E-state index >= 15 is 0 Å². The van der Waals surface area contributed by atoms with E-state index in [0.29, 0.717) is 6.61 Å². The fraction of sp³-hybridized carbons (Fsp3) is 0.538. The Hall–Kier alpha value is -0.380. The van der Waals surface area contributed by atoms with Crippen molar-refractivity contribution in [3.63, 3.8) is 0 Å². The Labute approximate surface area is 105 Å². The van der Waals surface area contributed by atoms with E-state index in [1.165, 1.54) is 5.56 Å². The molecule has 1 heterocycles. The molecule has 0 saturated carbocycles. The van der Waals surface area contributed by atoms with Crippen molar-refractivity contribution in [2.24, 2.45) is 0 Å². The number of halogens is 1. The molecule has 3 heteroatoms. The summed E-state index contributed by atoms with van der Waals surface area (Å²) in [5.74, 6) is -0.398. The molecule has 2 rings (SSSR count). The highest BCUT2D eigenvalue weighted by atomic mass is 79.9. The Morgan fingerprint density at radius 1 is 1.31 bits per heavy atom. The summed E-state index contributed by atoms with van der Waals surface area (Å²) in [4.78, 5) is 0. The summed E-state index contributed by atoms with van der Waals surface area (Å²) in [6, 6.07) is 8.44. The lowest BCUT2D eigenvalue weighted by Gasteiger charge is -2.17. The standard InChI is InChI=1S/C13H17BrO2/c1-13(2)15-9-12(16-13)8-5-10-3-6-11(14)7-4-10/h3-4,6-7,12H,5,8-9H2,1-2H3. The first-order chi connectivity index (χ1) is 7.55. The van der Waals surface area contributed by atoms with Gasteiger partial charge in [0.25, 0.3) is 0 Å². The van der Waals surface area contributed by atoms with E-state index in [1.807, 2.05) is 13.8 Å². The number of hydrogen-bond acceptors (Lipinski definition) is 2. The molecular weight excluding hydrogens is 268 g/mol. The van der Waals surface area contributed by atoms with Gasteiger partial charge < -0.3 is 9.47 Å². The van der Waals surface area contributed by atoms with Crippen LogP contribution in [0.1, 0.15) is 25.8 Å². The predicted molar refractivity (Wildman–Crippen MR) is 67.4 cm³/mol. The van der Waals surface area contributed by atoms with Gasteiger partial charge in [-0.3, -0.25) is 0 Å². The normalized spacial score (nSPS) is 23.6. The number of benzene rings is 1. The molecule has 0 aliphatic carbocycles. The zero-order valence-corrected chi connectivity index (χ0v) is 11.3. The Morgan fingerprint density at radius 3 is 2.56 bits per heavy atom. The molecule has 1 atom stereocenters. The van der Waals surface area contributed by atoms with Crippen LogP contribution in [0.4, 0.5) is 0 Å². The molecule has 0 N–H and O–H groups in total. The van der Waals surface area contributed by atoms with Crippen molar-refractivity contribution < 1.29 is 9.47 Å². The Bertz CT molecular complexity index is 345. The van der Waals surface area contributed by atoms with E-state index in [2.05, 4.69) is 40.2 Å². The first-order valence-corrected chi connectivity index (χ1v) is 6.41. The smallest absolute Gasteiger partial charge is 0.163 e. The molecule has 0 amide bonds. The van der Waals surface area contributed by atoms with E-state index < -0.39 is 5.79 Å². The third-order valence-electron chi connectivity index (χ3n) is 2.74. The Balaban J connectivity index is 1.82. The lowest BCUT2D eigenvalue weighted by molar-refractivity contribution is -0.138. The van der Waals surface area contributed by atoms with Gasteiger partial charge in [0.1, 0.15) is 0 Å². The van der Waals surface area contributed by atoms with E-state index in [4.69, 9.17) is 9.47 Å². The van der Waals surface area contributed by atoms with Crippen LogP contribution in [0, 0.1) is 0 Å². The highest BCUT2D eigenvalue weighted by Crippen LogP contribution is 2.25. The Morgan fingerprint density at radius 2 is 2.00 bits per heavy atom.